The maximum absolute atomic E-state index is 8.56. The lowest BCUT2D eigenvalue weighted by atomic mass is 10.3. The van der Waals surface area contributed by atoms with E-state index in [4.69, 9.17) is 19.7 Å². The zero-order valence-electron chi connectivity index (χ0n) is 7.59. The summed E-state index contributed by atoms with van der Waals surface area (Å²) in [6.45, 7) is 4.12. The molecule has 0 radical (unpaired) electrons. The first-order valence-corrected chi connectivity index (χ1v) is 3.87. The predicted octanol–water partition coefficient (Wildman–Crippen LogP) is 2.47. The van der Waals surface area contributed by atoms with Crippen LogP contribution in [0, 0.1) is 0 Å². The molecule has 0 bridgehead atoms. The molecule has 1 aromatic carbocycles. The van der Waals surface area contributed by atoms with Crippen molar-refractivity contribution in [3.63, 3.8) is 0 Å². The van der Waals surface area contributed by atoms with Gasteiger partial charge in [0.2, 0.25) is 0 Å². The SMILES string of the molecule is C=CCOc1ccccc1.O=C(O)O. The van der Waals surface area contributed by atoms with E-state index in [9.17, 15) is 0 Å². The zero-order chi connectivity index (χ0) is 10.8. The molecule has 1 aromatic rings. The molecule has 0 aliphatic rings. The average molecular weight is 196 g/mol. The summed E-state index contributed by atoms with van der Waals surface area (Å²) >= 11 is 0. The van der Waals surface area contributed by atoms with Crippen LogP contribution in [0.5, 0.6) is 5.75 Å². The average Bonchev–Trinajstić information content (AvgIpc) is 2.15. The number of para-hydroxylation sites is 1. The molecule has 0 unspecified atom stereocenters. The largest absolute Gasteiger partial charge is 0.503 e. The number of ether oxygens (including phenoxy) is 1. The minimum atomic E-state index is -1.83. The zero-order valence-corrected chi connectivity index (χ0v) is 7.59. The highest BCUT2D eigenvalue weighted by atomic mass is 16.6. The lowest BCUT2D eigenvalue weighted by Crippen LogP contribution is -1.91. The standard InChI is InChI=1S/C9H10O.CH2O3/c1-2-8-10-9-6-4-3-5-7-9;2-1(3)4/h2-7H,1,8H2;(H2,2,3,4). The minimum Gasteiger partial charge on any atom is -0.490 e. The summed E-state index contributed by atoms with van der Waals surface area (Å²) in [7, 11) is 0. The Bertz CT molecular complexity index is 265. The van der Waals surface area contributed by atoms with Crippen molar-refractivity contribution in [2.75, 3.05) is 6.61 Å². The van der Waals surface area contributed by atoms with Crippen LogP contribution in [0.3, 0.4) is 0 Å². The monoisotopic (exact) mass is 196 g/mol. The molecule has 76 valence electrons. The molecule has 0 aromatic heterocycles. The third-order valence-electron chi connectivity index (χ3n) is 1.11. The molecule has 0 saturated heterocycles. The van der Waals surface area contributed by atoms with E-state index in [2.05, 4.69) is 6.58 Å². The Balaban J connectivity index is 0.000000364. The van der Waals surface area contributed by atoms with Crippen LogP contribution in [0.4, 0.5) is 4.79 Å². The quantitative estimate of drug-likeness (QED) is 0.729. The second-order valence-corrected chi connectivity index (χ2v) is 2.20. The Hall–Kier alpha value is -1.97. The van der Waals surface area contributed by atoms with Crippen molar-refractivity contribution in [3.8, 4) is 5.75 Å². The maximum atomic E-state index is 8.56. The van der Waals surface area contributed by atoms with Crippen LogP contribution in [0.15, 0.2) is 43.0 Å². The van der Waals surface area contributed by atoms with Gasteiger partial charge in [-0.15, -0.1) is 0 Å². The van der Waals surface area contributed by atoms with Gasteiger partial charge in [0, 0.05) is 0 Å². The van der Waals surface area contributed by atoms with E-state index in [-0.39, 0.29) is 0 Å². The van der Waals surface area contributed by atoms with Crippen molar-refractivity contribution >= 4 is 6.16 Å². The molecular weight excluding hydrogens is 184 g/mol. The minimum absolute atomic E-state index is 0.573. The van der Waals surface area contributed by atoms with Crippen LogP contribution < -0.4 is 4.74 Å². The lowest BCUT2D eigenvalue weighted by Gasteiger charge is -1.99. The topological polar surface area (TPSA) is 66.8 Å². The fraction of sp³-hybridized carbons (Fsp3) is 0.100. The first kappa shape index (κ1) is 12.0. The molecule has 0 amide bonds. The van der Waals surface area contributed by atoms with Crippen molar-refractivity contribution in [3.05, 3.63) is 43.0 Å². The summed E-state index contributed by atoms with van der Waals surface area (Å²) in [5.74, 6) is 0.891. The molecule has 4 nitrogen and oxygen atoms in total. The van der Waals surface area contributed by atoms with Gasteiger partial charge in [0.25, 0.3) is 0 Å². The number of benzene rings is 1. The van der Waals surface area contributed by atoms with Crippen LogP contribution in [-0.2, 0) is 0 Å². The van der Waals surface area contributed by atoms with Crippen LogP contribution in [0.1, 0.15) is 0 Å². The first-order chi connectivity index (χ1) is 6.66. The summed E-state index contributed by atoms with van der Waals surface area (Å²) in [5.41, 5.74) is 0. The van der Waals surface area contributed by atoms with Crippen LogP contribution in [-0.4, -0.2) is 23.0 Å². The number of hydrogen-bond donors (Lipinski definition) is 2. The van der Waals surface area contributed by atoms with Gasteiger partial charge in [-0.25, -0.2) is 4.79 Å². The molecule has 0 aliphatic carbocycles. The smallest absolute Gasteiger partial charge is 0.490 e. The molecule has 2 N–H and O–H groups in total. The second kappa shape index (κ2) is 7.67. The van der Waals surface area contributed by atoms with E-state index < -0.39 is 6.16 Å². The third-order valence-corrected chi connectivity index (χ3v) is 1.11. The van der Waals surface area contributed by atoms with Gasteiger partial charge >= 0.3 is 6.16 Å². The van der Waals surface area contributed by atoms with Gasteiger partial charge in [-0.1, -0.05) is 30.9 Å². The van der Waals surface area contributed by atoms with Crippen LogP contribution in [0.25, 0.3) is 0 Å². The fourth-order valence-electron chi connectivity index (χ4n) is 0.672. The lowest BCUT2D eigenvalue weighted by molar-refractivity contribution is 0.137. The molecule has 0 fully saturated rings. The van der Waals surface area contributed by atoms with Crippen LogP contribution >= 0.6 is 0 Å². The molecule has 0 spiro atoms. The summed E-state index contributed by atoms with van der Waals surface area (Å²) in [5, 5.41) is 13.9. The molecule has 1 rings (SSSR count). The molecular formula is C10H12O4. The van der Waals surface area contributed by atoms with Gasteiger partial charge < -0.3 is 14.9 Å². The molecule has 0 heterocycles. The van der Waals surface area contributed by atoms with Gasteiger partial charge in [-0.05, 0) is 12.1 Å². The Morgan fingerprint density at radius 3 is 2.29 bits per heavy atom. The number of carboxylic acid groups (broad SMARTS) is 2. The van der Waals surface area contributed by atoms with Gasteiger partial charge in [-0.2, -0.15) is 0 Å². The van der Waals surface area contributed by atoms with Crippen molar-refractivity contribution in [1.82, 2.24) is 0 Å². The fourth-order valence-corrected chi connectivity index (χ4v) is 0.672. The molecule has 4 heteroatoms. The van der Waals surface area contributed by atoms with Gasteiger partial charge in [0.05, 0.1) is 0 Å². The number of carbonyl (C=O) groups is 1. The molecule has 0 aliphatic heterocycles. The Morgan fingerprint density at radius 1 is 1.36 bits per heavy atom. The van der Waals surface area contributed by atoms with E-state index in [1.54, 1.807) is 6.08 Å². The Labute approximate surface area is 82.1 Å². The van der Waals surface area contributed by atoms with E-state index in [0.29, 0.717) is 6.61 Å². The highest BCUT2D eigenvalue weighted by Crippen LogP contribution is 2.07. The van der Waals surface area contributed by atoms with Crippen LogP contribution in [0.2, 0.25) is 0 Å². The van der Waals surface area contributed by atoms with E-state index >= 15 is 0 Å². The predicted molar refractivity (Wildman–Crippen MR) is 52.8 cm³/mol. The summed E-state index contributed by atoms with van der Waals surface area (Å²) in [6, 6.07) is 9.69. The van der Waals surface area contributed by atoms with Crippen molar-refractivity contribution < 1.29 is 19.7 Å². The summed E-state index contributed by atoms with van der Waals surface area (Å²) in [4.78, 5) is 8.56. The highest BCUT2D eigenvalue weighted by Gasteiger charge is 1.84. The third kappa shape index (κ3) is 8.13. The Kier molecular flexibility index (Phi) is 6.59. The maximum Gasteiger partial charge on any atom is 0.503 e. The highest BCUT2D eigenvalue weighted by molar-refractivity contribution is 5.53. The van der Waals surface area contributed by atoms with Gasteiger partial charge in [-0.3, -0.25) is 0 Å². The van der Waals surface area contributed by atoms with E-state index in [1.165, 1.54) is 0 Å². The van der Waals surface area contributed by atoms with E-state index in [0.717, 1.165) is 5.75 Å². The summed E-state index contributed by atoms with van der Waals surface area (Å²) in [6.07, 6.45) is -0.104. The number of hydrogen-bond acceptors (Lipinski definition) is 2. The normalized spacial score (nSPS) is 8.00. The van der Waals surface area contributed by atoms with Crippen molar-refractivity contribution in [2.45, 2.75) is 0 Å². The first-order valence-electron chi connectivity index (χ1n) is 3.87. The van der Waals surface area contributed by atoms with Crippen molar-refractivity contribution in [2.24, 2.45) is 0 Å². The second-order valence-electron chi connectivity index (χ2n) is 2.20. The molecule has 0 saturated carbocycles. The molecule has 14 heavy (non-hydrogen) atoms. The van der Waals surface area contributed by atoms with Gasteiger partial charge in [0.15, 0.2) is 0 Å². The summed E-state index contributed by atoms with van der Waals surface area (Å²) < 4.78 is 5.24. The van der Waals surface area contributed by atoms with E-state index in [1.807, 2.05) is 30.3 Å². The van der Waals surface area contributed by atoms with Crippen molar-refractivity contribution in [1.29, 1.82) is 0 Å². The Morgan fingerprint density at radius 2 is 1.86 bits per heavy atom. The van der Waals surface area contributed by atoms with Gasteiger partial charge in [0.1, 0.15) is 12.4 Å². The molecule has 0 atom stereocenters. The number of rotatable bonds is 3.